The van der Waals surface area contributed by atoms with E-state index in [1.165, 1.54) is 10.4 Å². The summed E-state index contributed by atoms with van der Waals surface area (Å²) in [5.74, 6) is -0.172. The number of carbonyl (C=O) groups is 1. The Kier molecular flexibility index (Phi) is 7.10. The van der Waals surface area contributed by atoms with E-state index >= 15 is 0 Å². The van der Waals surface area contributed by atoms with Gasteiger partial charge in [0, 0.05) is 30.7 Å². The summed E-state index contributed by atoms with van der Waals surface area (Å²) >= 11 is 9.26. The van der Waals surface area contributed by atoms with Gasteiger partial charge in [-0.2, -0.15) is 4.31 Å². The minimum atomic E-state index is -3.65. The van der Waals surface area contributed by atoms with Crippen molar-refractivity contribution in [1.29, 1.82) is 0 Å². The molecule has 1 amide bonds. The maximum Gasteiger partial charge on any atom is 0.244 e. The van der Waals surface area contributed by atoms with Gasteiger partial charge in [0.15, 0.2) is 0 Å². The molecule has 124 valence electrons. The van der Waals surface area contributed by atoms with Gasteiger partial charge >= 0.3 is 0 Å². The second-order valence-electron chi connectivity index (χ2n) is 4.56. The number of amides is 1. The SMILES string of the molecule is Cl.NCC(=O)N1CCN(S(=O)(=O)c2ccc(Br)cc2Cl)CC1. The van der Waals surface area contributed by atoms with Gasteiger partial charge in [-0.05, 0) is 18.2 Å². The monoisotopic (exact) mass is 431 g/mol. The number of nitrogens with zero attached hydrogens (tertiary/aromatic N) is 2. The fraction of sp³-hybridized carbons (Fsp3) is 0.417. The molecule has 1 aliphatic heterocycles. The number of halogens is 3. The Labute approximate surface area is 149 Å². The number of benzene rings is 1. The van der Waals surface area contributed by atoms with Crippen LogP contribution in [-0.2, 0) is 14.8 Å². The van der Waals surface area contributed by atoms with Crippen LogP contribution >= 0.6 is 39.9 Å². The first kappa shape index (κ1) is 19.7. The minimum Gasteiger partial charge on any atom is -0.339 e. The van der Waals surface area contributed by atoms with E-state index in [1.807, 2.05) is 0 Å². The van der Waals surface area contributed by atoms with Crippen molar-refractivity contribution in [1.82, 2.24) is 9.21 Å². The van der Waals surface area contributed by atoms with Gasteiger partial charge in [0.2, 0.25) is 15.9 Å². The molecule has 0 aromatic heterocycles. The van der Waals surface area contributed by atoms with Crippen LogP contribution in [-0.4, -0.2) is 56.3 Å². The van der Waals surface area contributed by atoms with Crippen molar-refractivity contribution in [3.05, 3.63) is 27.7 Å². The molecule has 6 nitrogen and oxygen atoms in total. The predicted molar refractivity (Wildman–Crippen MR) is 90.8 cm³/mol. The fourth-order valence-corrected chi connectivity index (χ4v) is 4.56. The Morgan fingerprint density at radius 3 is 2.36 bits per heavy atom. The van der Waals surface area contributed by atoms with E-state index < -0.39 is 10.0 Å². The van der Waals surface area contributed by atoms with E-state index in [2.05, 4.69) is 15.9 Å². The molecule has 0 atom stereocenters. The van der Waals surface area contributed by atoms with E-state index in [0.717, 1.165) is 0 Å². The normalized spacial score (nSPS) is 16.2. The first-order valence-corrected chi connectivity index (χ1v) is 8.90. The molecular formula is C12H16BrCl2N3O3S. The van der Waals surface area contributed by atoms with Crippen LogP contribution in [0.15, 0.2) is 27.6 Å². The second kappa shape index (κ2) is 7.94. The highest BCUT2D eigenvalue weighted by atomic mass is 79.9. The summed E-state index contributed by atoms with van der Waals surface area (Å²) in [6.45, 7) is 1.08. The summed E-state index contributed by atoms with van der Waals surface area (Å²) < 4.78 is 27.2. The lowest BCUT2D eigenvalue weighted by atomic mass is 10.3. The smallest absolute Gasteiger partial charge is 0.244 e. The highest BCUT2D eigenvalue weighted by Crippen LogP contribution is 2.28. The van der Waals surface area contributed by atoms with Crippen molar-refractivity contribution in [3.8, 4) is 0 Å². The second-order valence-corrected chi connectivity index (χ2v) is 7.79. The topological polar surface area (TPSA) is 83.7 Å². The van der Waals surface area contributed by atoms with Crippen molar-refractivity contribution in [3.63, 3.8) is 0 Å². The van der Waals surface area contributed by atoms with E-state index in [9.17, 15) is 13.2 Å². The number of rotatable bonds is 3. The van der Waals surface area contributed by atoms with Gasteiger partial charge in [-0.25, -0.2) is 8.42 Å². The summed E-state index contributed by atoms with van der Waals surface area (Å²) in [6, 6.07) is 4.65. The quantitative estimate of drug-likeness (QED) is 0.780. The van der Waals surface area contributed by atoms with Crippen LogP contribution in [0.25, 0.3) is 0 Å². The fourth-order valence-electron chi connectivity index (χ4n) is 2.13. The van der Waals surface area contributed by atoms with Crippen LogP contribution in [0.3, 0.4) is 0 Å². The summed E-state index contributed by atoms with van der Waals surface area (Å²) in [6.07, 6.45) is 0. The van der Waals surface area contributed by atoms with Crippen LogP contribution in [0, 0.1) is 0 Å². The Morgan fingerprint density at radius 1 is 1.27 bits per heavy atom. The average Bonchev–Trinajstić information content (AvgIpc) is 2.46. The van der Waals surface area contributed by atoms with Crippen LogP contribution in [0.1, 0.15) is 0 Å². The number of sulfonamides is 1. The Balaban J connectivity index is 0.00000242. The Hall–Kier alpha value is -0.380. The third kappa shape index (κ3) is 4.12. The molecular weight excluding hydrogens is 417 g/mol. The highest BCUT2D eigenvalue weighted by Gasteiger charge is 2.31. The van der Waals surface area contributed by atoms with Gasteiger partial charge in [-0.3, -0.25) is 4.79 Å². The molecule has 2 rings (SSSR count). The molecule has 0 aliphatic carbocycles. The Bertz CT molecular complexity index is 649. The van der Waals surface area contributed by atoms with Crippen LogP contribution in [0.4, 0.5) is 0 Å². The van der Waals surface area contributed by atoms with E-state index in [1.54, 1.807) is 17.0 Å². The summed E-state index contributed by atoms with van der Waals surface area (Å²) in [7, 11) is -3.65. The van der Waals surface area contributed by atoms with Gasteiger partial charge in [0.1, 0.15) is 4.90 Å². The summed E-state index contributed by atoms with van der Waals surface area (Å²) in [5, 5.41) is 0.171. The third-order valence-corrected chi connectivity index (χ3v) is 6.15. The molecule has 1 aromatic carbocycles. The molecule has 1 saturated heterocycles. The van der Waals surface area contributed by atoms with Crippen molar-refractivity contribution in [2.75, 3.05) is 32.7 Å². The zero-order chi connectivity index (χ0) is 15.6. The van der Waals surface area contributed by atoms with Crippen molar-refractivity contribution >= 4 is 55.9 Å². The number of piperazine rings is 1. The average molecular weight is 433 g/mol. The van der Waals surface area contributed by atoms with Crippen LogP contribution in [0.5, 0.6) is 0 Å². The molecule has 0 unspecified atom stereocenters. The Morgan fingerprint density at radius 2 is 1.86 bits per heavy atom. The molecule has 22 heavy (non-hydrogen) atoms. The molecule has 1 fully saturated rings. The van der Waals surface area contributed by atoms with Gasteiger partial charge in [0.25, 0.3) is 0 Å². The van der Waals surface area contributed by atoms with E-state index in [0.29, 0.717) is 17.6 Å². The molecule has 0 radical (unpaired) electrons. The summed E-state index contributed by atoms with van der Waals surface area (Å²) in [5.41, 5.74) is 5.30. The van der Waals surface area contributed by atoms with Crippen LogP contribution < -0.4 is 5.73 Å². The van der Waals surface area contributed by atoms with E-state index in [4.69, 9.17) is 17.3 Å². The molecule has 1 heterocycles. The molecule has 2 N–H and O–H groups in total. The zero-order valence-corrected chi connectivity index (χ0v) is 15.5. The van der Waals surface area contributed by atoms with Gasteiger partial charge in [0.05, 0.1) is 11.6 Å². The van der Waals surface area contributed by atoms with Crippen molar-refractivity contribution in [2.24, 2.45) is 5.73 Å². The maximum atomic E-state index is 12.6. The number of nitrogens with two attached hydrogens (primary N) is 1. The van der Waals surface area contributed by atoms with Crippen molar-refractivity contribution < 1.29 is 13.2 Å². The molecule has 0 bridgehead atoms. The summed E-state index contributed by atoms with van der Waals surface area (Å²) in [4.78, 5) is 13.1. The van der Waals surface area contributed by atoms with Crippen LogP contribution in [0.2, 0.25) is 5.02 Å². The number of hydrogen-bond donors (Lipinski definition) is 1. The highest BCUT2D eigenvalue weighted by molar-refractivity contribution is 9.10. The first-order chi connectivity index (χ1) is 9.86. The molecule has 0 spiro atoms. The van der Waals surface area contributed by atoms with Crippen molar-refractivity contribution in [2.45, 2.75) is 4.90 Å². The standard InChI is InChI=1S/C12H15BrClN3O3S.ClH/c13-9-1-2-11(10(14)7-9)21(19,20)17-5-3-16(4-6-17)12(18)8-15;/h1-2,7H,3-6,8,15H2;1H. The lowest BCUT2D eigenvalue weighted by molar-refractivity contribution is -0.130. The molecule has 0 saturated carbocycles. The lowest BCUT2D eigenvalue weighted by Crippen LogP contribution is -2.51. The molecule has 10 heteroatoms. The first-order valence-electron chi connectivity index (χ1n) is 6.29. The number of carbonyl (C=O) groups excluding carboxylic acids is 1. The number of hydrogen-bond acceptors (Lipinski definition) is 4. The third-order valence-electron chi connectivity index (χ3n) is 3.28. The predicted octanol–water partition coefficient (Wildman–Crippen LogP) is 1.32. The maximum absolute atomic E-state index is 12.6. The van der Waals surface area contributed by atoms with Gasteiger partial charge < -0.3 is 10.6 Å². The van der Waals surface area contributed by atoms with Gasteiger partial charge in [-0.15, -0.1) is 12.4 Å². The largest absolute Gasteiger partial charge is 0.339 e. The lowest BCUT2D eigenvalue weighted by Gasteiger charge is -2.34. The minimum absolute atomic E-state index is 0. The molecule has 1 aliphatic rings. The van der Waals surface area contributed by atoms with E-state index in [-0.39, 0.29) is 47.9 Å². The molecule has 1 aromatic rings. The zero-order valence-electron chi connectivity index (χ0n) is 11.5. The van der Waals surface area contributed by atoms with Gasteiger partial charge in [-0.1, -0.05) is 27.5 Å².